The summed E-state index contributed by atoms with van der Waals surface area (Å²) in [6.45, 7) is 0. The molecule has 4 rings (SSSR count). The average molecular weight is 461 g/mol. The van der Waals surface area contributed by atoms with Crippen LogP contribution >= 0.6 is 18.9 Å². The van der Waals surface area contributed by atoms with E-state index >= 15 is 0 Å². The summed E-state index contributed by atoms with van der Waals surface area (Å²) < 4.78 is 39.0. The second-order valence-electron chi connectivity index (χ2n) is 6.65. The fraction of sp³-hybridized carbons (Fsp3) is 0. The first kappa shape index (κ1) is 23.1. The monoisotopic (exact) mass is 460 g/mol. The molecule has 4 aromatic carbocycles. The van der Waals surface area contributed by atoms with Crippen LogP contribution in [-0.2, 0) is 0 Å². The zero-order valence-corrected chi connectivity index (χ0v) is 18.0. The van der Waals surface area contributed by atoms with Gasteiger partial charge in [0.05, 0.1) is 0 Å². The smallest absolute Gasteiger partial charge is 0.418 e. The maximum atomic E-state index is 9.75. The molecule has 0 bridgehead atoms. The van der Waals surface area contributed by atoms with E-state index in [-0.39, 0.29) is 0 Å². The van der Waals surface area contributed by atoms with Crippen molar-refractivity contribution in [2.75, 3.05) is 0 Å². The second-order valence-corrected chi connectivity index (χ2v) is 10.5. The third-order valence-electron chi connectivity index (χ3n) is 4.64. The summed E-state index contributed by atoms with van der Waals surface area (Å²) in [5.41, 5.74) is 0. The molecular weight excluding hydrogens is 441 g/mol. The predicted octanol–water partition coefficient (Wildman–Crippen LogP) is 6.26. The van der Waals surface area contributed by atoms with Crippen molar-refractivity contribution in [2.24, 2.45) is 0 Å². The summed E-state index contributed by atoms with van der Waals surface area (Å²) in [6, 6.07) is 40.9. The number of hydrogen-bond donors (Lipinski definition) is 0. The average Bonchev–Trinajstić information content (AvgIpc) is 2.77. The van der Waals surface area contributed by atoms with Crippen molar-refractivity contribution < 1.29 is 17.3 Å². The van der Waals surface area contributed by atoms with Crippen LogP contribution in [-0.4, -0.2) is 7.25 Å². The minimum atomic E-state index is -6.00. The standard InChI is InChI=1S/C24H19ClP.BF4/c25-20-16-18-24(19-17-20)26(21-10-4-1-5-11-21,22-12-6-2-7-13-22)23-14-8-3-9-15-23;2-1(3,4)5/h1-19H;/q+1;-1. The van der Waals surface area contributed by atoms with Gasteiger partial charge < -0.3 is 17.3 Å². The van der Waals surface area contributed by atoms with Gasteiger partial charge in [-0.15, -0.1) is 0 Å². The minimum Gasteiger partial charge on any atom is -0.418 e. The van der Waals surface area contributed by atoms with Crippen LogP contribution in [0.5, 0.6) is 0 Å². The summed E-state index contributed by atoms with van der Waals surface area (Å²) in [7, 11) is -7.98. The van der Waals surface area contributed by atoms with Gasteiger partial charge in [-0.25, -0.2) is 0 Å². The van der Waals surface area contributed by atoms with E-state index in [1.807, 2.05) is 12.1 Å². The number of hydrogen-bond acceptors (Lipinski definition) is 0. The van der Waals surface area contributed by atoms with Crippen LogP contribution in [0.1, 0.15) is 0 Å². The van der Waals surface area contributed by atoms with Gasteiger partial charge in [0.2, 0.25) is 0 Å². The first-order valence-corrected chi connectivity index (χ1v) is 11.7. The Kier molecular flexibility index (Phi) is 7.53. The largest absolute Gasteiger partial charge is 0.673 e. The molecule has 0 nitrogen and oxygen atoms in total. The van der Waals surface area contributed by atoms with Gasteiger partial charge in [0.25, 0.3) is 0 Å². The lowest BCUT2D eigenvalue weighted by atomic mass is 10.3. The molecule has 0 amide bonds. The van der Waals surface area contributed by atoms with Gasteiger partial charge in [-0.3, -0.25) is 0 Å². The van der Waals surface area contributed by atoms with Crippen LogP contribution in [0.4, 0.5) is 17.3 Å². The minimum absolute atomic E-state index is 0.765. The molecule has 4 aromatic rings. The number of rotatable bonds is 4. The molecule has 7 heteroatoms. The van der Waals surface area contributed by atoms with Crippen LogP contribution in [0.25, 0.3) is 0 Å². The maximum absolute atomic E-state index is 9.75. The molecule has 0 aliphatic rings. The molecule has 158 valence electrons. The van der Waals surface area contributed by atoms with Gasteiger partial charge in [-0.1, -0.05) is 66.2 Å². The molecule has 0 heterocycles. The molecule has 0 radical (unpaired) electrons. The van der Waals surface area contributed by atoms with Crippen molar-refractivity contribution in [1.82, 2.24) is 0 Å². The predicted molar refractivity (Wildman–Crippen MR) is 126 cm³/mol. The van der Waals surface area contributed by atoms with Gasteiger partial charge in [-0.05, 0) is 60.7 Å². The van der Waals surface area contributed by atoms with Crippen LogP contribution in [0.3, 0.4) is 0 Å². The molecule has 0 spiro atoms. The van der Waals surface area contributed by atoms with E-state index in [4.69, 9.17) is 11.6 Å². The van der Waals surface area contributed by atoms with Crippen molar-refractivity contribution in [3.63, 3.8) is 0 Å². The quantitative estimate of drug-likeness (QED) is 0.192. The van der Waals surface area contributed by atoms with Gasteiger partial charge in [0.15, 0.2) is 0 Å². The van der Waals surface area contributed by atoms with E-state index in [0.29, 0.717) is 0 Å². The fourth-order valence-electron chi connectivity index (χ4n) is 3.51. The Bertz CT molecular complexity index is 971. The number of benzene rings is 4. The summed E-state index contributed by atoms with van der Waals surface area (Å²) in [4.78, 5) is 0. The van der Waals surface area contributed by atoms with Crippen LogP contribution in [0, 0.1) is 0 Å². The van der Waals surface area contributed by atoms with Crippen LogP contribution < -0.4 is 21.2 Å². The SMILES string of the molecule is Clc1ccc([P+](c2ccccc2)(c2ccccc2)c2ccccc2)cc1.F[B-](F)(F)F. The lowest BCUT2D eigenvalue weighted by molar-refractivity contribution is 0.368. The highest BCUT2D eigenvalue weighted by Gasteiger charge is 2.47. The first-order valence-electron chi connectivity index (χ1n) is 9.51. The topological polar surface area (TPSA) is 0 Å². The summed E-state index contributed by atoms with van der Waals surface area (Å²) >= 11 is 6.21. The highest BCUT2D eigenvalue weighted by molar-refractivity contribution is 8.01. The molecule has 0 aromatic heterocycles. The van der Waals surface area contributed by atoms with Crippen molar-refractivity contribution in [3.8, 4) is 0 Å². The summed E-state index contributed by atoms with van der Waals surface area (Å²) in [6.07, 6.45) is 0. The Morgan fingerprint density at radius 2 is 0.710 bits per heavy atom. The zero-order chi connectivity index (χ0) is 22.3. The molecular formula is C24H19BClF4P. The van der Waals surface area contributed by atoms with Gasteiger partial charge in [0.1, 0.15) is 28.5 Å². The van der Waals surface area contributed by atoms with E-state index < -0.39 is 14.5 Å². The Morgan fingerprint density at radius 3 is 1.00 bits per heavy atom. The van der Waals surface area contributed by atoms with E-state index in [0.717, 1.165) is 5.02 Å². The van der Waals surface area contributed by atoms with Crippen molar-refractivity contribution in [1.29, 1.82) is 0 Å². The van der Waals surface area contributed by atoms with Crippen LogP contribution in [0.2, 0.25) is 5.02 Å². The Labute approximate surface area is 185 Å². The normalized spacial score (nSPS) is 11.4. The molecule has 0 unspecified atom stereocenters. The molecule has 0 saturated heterocycles. The fourth-order valence-corrected chi connectivity index (χ4v) is 7.88. The van der Waals surface area contributed by atoms with Crippen molar-refractivity contribution >= 4 is 47.3 Å². The molecule has 0 aliphatic heterocycles. The molecule has 0 N–H and O–H groups in total. The highest BCUT2D eigenvalue weighted by atomic mass is 35.5. The van der Waals surface area contributed by atoms with E-state index in [1.54, 1.807) is 0 Å². The van der Waals surface area contributed by atoms with Crippen LogP contribution in [0.15, 0.2) is 115 Å². The molecule has 0 saturated carbocycles. The molecule has 0 atom stereocenters. The summed E-state index contributed by atoms with van der Waals surface area (Å²) in [5.74, 6) is 0. The van der Waals surface area contributed by atoms with Gasteiger partial charge in [-0.2, -0.15) is 0 Å². The molecule has 0 fully saturated rings. The lowest BCUT2D eigenvalue weighted by Crippen LogP contribution is -2.38. The van der Waals surface area contributed by atoms with Crippen molar-refractivity contribution in [2.45, 2.75) is 0 Å². The summed E-state index contributed by atoms with van der Waals surface area (Å²) in [5, 5.41) is 6.12. The number of halogens is 5. The second kappa shape index (κ2) is 10.1. The zero-order valence-electron chi connectivity index (χ0n) is 16.4. The van der Waals surface area contributed by atoms with Gasteiger partial charge in [0, 0.05) is 5.02 Å². The first-order chi connectivity index (χ1) is 14.8. The van der Waals surface area contributed by atoms with E-state index in [1.165, 1.54) is 21.2 Å². The van der Waals surface area contributed by atoms with E-state index in [9.17, 15) is 17.3 Å². The maximum Gasteiger partial charge on any atom is 0.673 e. The van der Waals surface area contributed by atoms with Gasteiger partial charge >= 0.3 is 7.25 Å². The van der Waals surface area contributed by atoms with Crippen molar-refractivity contribution in [3.05, 3.63) is 120 Å². The Balaban J connectivity index is 0.000000491. The van der Waals surface area contributed by atoms with E-state index in [2.05, 4.69) is 103 Å². The molecule has 0 aliphatic carbocycles. The Morgan fingerprint density at radius 1 is 0.452 bits per heavy atom. The highest BCUT2D eigenvalue weighted by Crippen LogP contribution is 2.54. The Hall–Kier alpha value is -2.62. The lowest BCUT2D eigenvalue weighted by Gasteiger charge is -2.27. The third-order valence-corrected chi connectivity index (χ3v) is 9.19. The molecule has 31 heavy (non-hydrogen) atoms. The third kappa shape index (κ3) is 5.75.